The molecule has 28 heavy (non-hydrogen) atoms. The van der Waals surface area contributed by atoms with Crippen molar-refractivity contribution in [1.29, 1.82) is 0 Å². The lowest BCUT2D eigenvalue weighted by atomic mass is 10.1. The first-order chi connectivity index (χ1) is 12.9. The highest BCUT2D eigenvalue weighted by atomic mass is 19.4. The molecule has 0 fully saturated rings. The van der Waals surface area contributed by atoms with Crippen LogP contribution in [0.2, 0.25) is 0 Å². The number of hydrogen-bond donors (Lipinski definition) is 3. The molecule has 158 valence electrons. The van der Waals surface area contributed by atoms with Crippen LogP contribution in [0, 0.1) is 0 Å². The van der Waals surface area contributed by atoms with Crippen molar-refractivity contribution in [2.45, 2.75) is 64.4 Å². The van der Waals surface area contributed by atoms with Crippen molar-refractivity contribution >= 4 is 12.0 Å². The summed E-state index contributed by atoms with van der Waals surface area (Å²) >= 11 is 0. The molecule has 0 saturated carbocycles. The fourth-order valence-electron chi connectivity index (χ4n) is 2.35. The third-order valence-electron chi connectivity index (χ3n) is 3.63. The number of halogens is 3. The molecule has 0 spiro atoms. The number of aliphatic hydroxyl groups is 1. The molecule has 0 aromatic heterocycles. The summed E-state index contributed by atoms with van der Waals surface area (Å²) in [5.74, 6) is -0.541. The average molecular weight is 404 g/mol. The number of alkyl carbamates (subject to hydrolysis) is 1. The van der Waals surface area contributed by atoms with E-state index in [1.807, 2.05) is 0 Å². The normalized spacial score (nSPS) is 13.0. The number of aliphatic hydroxyl groups excluding tert-OH is 1. The summed E-state index contributed by atoms with van der Waals surface area (Å²) in [5.41, 5.74) is -1.26. The SMILES string of the molecule is CC(C)(C)OC(=O)NC(CCCCO)C(=O)NCc1cccc(C(F)(F)F)c1. The van der Waals surface area contributed by atoms with Crippen LogP contribution in [0.3, 0.4) is 0 Å². The number of ether oxygens (including phenoxy) is 1. The smallest absolute Gasteiger partial charge is 0.416 e. The predicted molar refractivity (Wildman–Crippen MR) is 97.4 cm³/mol. The second-order valence-corrected chi connectivity index (χ2v) is 7.33. The maximum Gasteiger partial charge on any atom is 0.416 e. The molecule has 0 radical (unpaired) electrons. The Hall–Kier alpha value is -2.29. The lowest BCUT2D eigenvalue weighted by Gasteiger charge is -2.23. The minimum atomic E-state index is -4.47. The fourth-order valence-corrected chi connectivity index (χ4v) is 2.35. The van der Waals surface area contributed by atoms with Gasteiger partial charge in [0.15, 0.2) is 0 Å². The molecule has 1 aromatic rings. The van der Waals surface area contributed by atoms with Gasteiger partial charge in [-0.15, -0.1) is 0 Å². The van der Waals surface area contributed by atoms with E-state index in [0.29, 0.717) is 12.8 Å². The van der Waals surface area contributed by atoms with Crippen LogP contribution >= 0.6 is 0 Å². The summed E-state index contributed by atoms with van der Waals surface area (Å²) in [4.78, 5) is 24.4. The van der Waals surface area contributed by atoms with Crippen LogP contribution in [0.4, 0.5) is 18.0 Å². The standard InChI is InChI=1S/C19H27F3N2O4/c1-18(2,3)28-17(27)24-15(9-4-5-10-25)16(26)23-12-13-7-6-8-14(11-13)19(20,21)22/h6-8,11,15,25H,4-5,9-10,12H2,1-3H3,(H,23,26)(H,24,27). The van der Waals surface area contributed by atoms with Crippen LogP contribution in [0.1, 0.15) is 51.2 Å². The zero-order valence-electron chi connectivity index (χ0n) is 16.2. The van der Waals surface area contributed by atoms with E-state index in [0.717, 1.165) is 12.1 Å². The number of amides is 2. The Balaban J connectivity index is 2.73. The Morgan fingerprint density at radius 2 is 1.86 bits per heavy atom. The van der Waals surface area contributed by atoms with Gasteiger partial charge in [-0.1, -0.05) is 12.1 Å². The number of hydrogen-bond acceptors (Lipinski definition) is 4. The summed E-state index contributed by atoms with van der Waals surface area (Å²) in [5, 5.41) is 13.9. The highest BCUT2D eigenvalue weighted by molar-refractivity contribution is 5.85. The van der Waals surface area contributed by atoms with E-state index in [1.54, 1.807) is 20.8 Å². The number of carbonyl (C=O) groups is 2. The molecule has 2 amide bonds. The van der Waals surface area contributed by atoms with Crippen LogP contribution in [-0.4, -0.2) is 35.4 Å². The van der Waals surface area contributed by atoms with Crippen molar-refractivity contribution < 1.29 is 32.6 Å². The van der Waals surface area contributed by atoms with Gasteiger partial charge in [0.25, 0.3) is 0 Å². The molecule has 1 rings (SSSR count). The first-order valence-corrected chi connectivity index (χ1v) is 8.96. The van der Waals surface area contributed by atoms with Gasteiger partial charge in [0.1, 0.15) is 11.6 Å². The van der Waals surface area contributed by atoms with Gasteiger partial charge >= 0.3 is 12.3 Å². The maximum absolute atomic E-state index is 12.8. The molecule has 6 nitrogen and oxygen atoms in total. The van der Waals surface area contributed by atoms with Gasteiger partial charge in [0.2, 0.25) is 5.91 Å². The summed E-state index contributed by atoms with van der Waals surface area (Å²) in [6.45, 7) is 4.88. The monoisotopic (exact) mass is 404 g/mol. The average Bonchev–Trinajstić information content (AvgIpc) is 2.57. The quantitative estimate of drug-likeness (QED) is 0.580. The lowest BCUT2D eigenvalue weighted by molar-refractivity contribution is -0.137. The molecule has 3 N–H and O–H groups in total. The number of rotatable bonds is 8. The van der Waals surface area contributed by atoms with Gasteiger partial charge in [0.05, 0.1) is 5.56 Å². The Labute approximate surface area is 162 Å². The molecule has 0 saturated heterocycles. The van der Waals surface area contributed by atoms with Crippen LogP contribution in [-0.2, 0) is 22.3 Å². The first kappa shape index (κ1) is 23.7. The highest BCUT2D eigenvalue weighted by Gasteiger charge is 2.30. The Morgan fingerprint density at radius 3 is 2.43 bits per heavy atom. The molecule has 1 aromatic carbocycles. The van der Waals surface area contributed by atoms with E-state index < -0.39 is 35.4 Å². The number of benzene rings is 1. The van der Waals surface area contributed by atoms with E-state index in [2.05, 4.69) is 10.6 Å². The Morgan fingerprint density at radius 1 is 1.18 bits per heavy atom. The summed E-state index contributed by atoms with van der Waals surface area (Å²) in [6, 6.07) is 3.72. The summed E-state index contributed by atoms with van der Waals surface area (Å²) in [6.07, 6.45) is -4.04. The number of unbranched alkanes of at least 4 members (excludes halogenated alkanes) is 1. The maximum atomic E-state index is 12.8. The highest BCUT2D eigenvalue weighted by Crippen LogP contribution is 2.29. The molecule has 9 heteroatoms. The van der Waals surface area contributed by atoms with E-state index in [-0.39, 0.29) is 25.1 Å². The zero-order chi connectivity index (χ0) is 21.4. The second kappa shape index (κ2) is 10.3. The first-order valence-electron chi connectivity index (χ1n) is 8.96. The molecule has 1 atom stereocenters. The van der Waals surface area contributed by atoms with Crippen molar-refractivity contribution in [3.63, 3.8) is 0 Å². The largest absolute Gasteiger partial charge is 0.444 e. The Bertz CT molecular complexity index is 657. The van der Waals surface area contributed by atoms with Crippen LogP contribution < -0.4 is 10.6 Å². The molecular weight excluding hydrogens is 377 g/mol. The van der Waals surface area contributed by atoms with Gasteiger partial charge in [0, 0.05) is 13.2 Å². The zero-order valence-corrected chi connectivity index (χ0v) is 16.2. The van der Waals surface area contributed by atoms with Gasteiger partial charge in [-0.05, 0) is 57.7 Å². The van der Waals surface area contributed by atoms with E-state index in [9.17, 15) is 22.8 Å². The van der Waals surface area contributed by atoms with Crippen molar-refractivity contribution in [1.82, 2.24) is 10.6 Å². The number of alkyl halides is 3. The Kier molecular flexibility index (Phi) is 8.74. The molecule has 0 aliphatic carbocycles. The van der Waals surface area contributed by atoms with Gasteiger partial charge < -0.3 is 20.5 Å². The van der Waals surface area contributed by atoms with Crippen molar-refractivity contribution in [2.24, 2.45) is 0 Å². The van der Waals surface area contributed by atoms with E-state index >= 15 is 0 Å². The van der Waals surface area contributed by atoms with Gasteiger partial charge in [-0.3, -0.25) is 4.79 Å². The van der Waals surface area contributed by atoms with Gasteiger partial charge in [-0.2, -0.15) is 13.2 Å². The summed E-state index contributed by atoms with van der Waals surface area (Å²) in [7, 11) is 0. The van der Waals surface area contributed by atoms with E-state index in [1.165, 1.54) is 12.1 Å². The minimum Gasteiger partial charge on any atom is -0.444 e. The molecule has 0 heterocycles. The molecule has 0 aliphatic heterocycles. The topological polar surface area (TPSA) is 87.7 Å². The number of nitrogens with one attached hydrogen (secondary N) is 2. The predicted octanol–water partition coefficient (Wildman–Crippen LogP) is 3.38. The van der Waals surface area contributed by atoms with Gasteiger partial charge in [-0.25, -0.2) is 4.79 Å². The van der Waals surface area contributed by atoms with Crippen LogP contribution in [0.5, 0.6) is 0 Å². The summed E-state index contributed by atoms with van der Waals surface area (Å²) < 4.78 is 43.5. The van der Waals surface area contributed by atoms with E-state index in [4.69, 9.17) is 9.84 Å². The third kappa shape index (κ3) is 9.07. The number of carbonyl (C=O) groups excluding carboxylic acids is 2. The minimum absolute atomic E-state index is 0.0506. The lowest BCUT2D eigenvalue weighted by Crippen LogP contribution is -2.48. The fraction of sp³-hybridized carbons (Fsp3) is 0.579. The molecule has 0 bridgehead atoms. The molecule has 0 aliphatic rings. The molecule has 1 unspecified atom stereocenters. The van der Waals surface area contributed by atoms with Crippen LogP contribution in [0.25, 0.3) is 0 Å². The third-order valence-corrected chi connectivity index (χ3v) is 3.63. The van der Waals surface area contributed by atoms with Crippen molar-refractivity contribution in [3.05, 3.63) is 35.4 Å². The van der Waals surface area contributed by atoms with Crippen molar-refractivity contribution in [2.75, 3.05) is 6.61 Å². The second-order valence-electron chi connectivity index (χ2n) is 7.33. The molecular formula is C19H27F3N2O4. The van der Waals surface area contributed by atoms with Crippen LogP contribution in [0.15, 0.2) is 24.3 Å². The van der Waals surface area contributed by atoms with Crippen molar-refractivity contribution in [3.8, 4) is 0 Å².